The molecule has 2 heterocycles. The van der Waals surface area contributed by atoms with Gasteiger partial charge in [0.2, 0.25) is 5.89 Å². The average molecular weight is 296 g/mol. The number of hydrogen-bond acceptors (Lipinski definition) is 6. The van der Waals surface area contributed by atoms with Crippen LogP contribution in [0.5, 0.6) is 0 Å². The van der Waals surface area contributed by atoms with Crippen LogP contribution in [0, 0.1) is 0 Å². The van der Waals surface area contributed by atoms with E-state index in [-0.39, 0.29) is 0 Å². The third-order valence-electron chi connectivity index (χ3n) is 4.05. The molecule has 2 aliphatic rings. The topological polar surface area (TPSA) is 54.2 Å². The average Bonchev–Trinajstić information content (AvgIpc) is 3.05. The predicted octanol–water partition coefficient (Wildman–Crippen LogP) is 2.04. The van der Waals surface area contributed by atoms with Gasteiger partial charge in [0, 0.05) is 18.3 Å². The number of thioether (sulfide) groups is 1. The van der Waals surface area contributed by atoms with Crippen LogP contribution in [0.4, 0.5) is 0 Å². The highest BCUT2D eigenvalue weighted by atomic mass is 32.2. The Morgan fingerprint density at radius 3 is 3.00 bits per heavy atom. The molecule has 6 heteroatoms. The first-order valence-electron chi connectivity index (χ1n) is 7.76. The number of hydrogen-bond donors (Lipinski definition) is 1. The van der Waals surface area contributed by atoms with Gasteiger partial charge in [0.05, 0.1) is 12.3 Å². The Morgan fingerprint density at radius 2 is 2.10 bits per heavy atom. The fourth-order valence-corrected chi connectivity index (χ4v) is 4.08. The zero-order chi connectivity index (χ0) is 13.6. The van der Waals surface area contributed by atoms with Gasteiger partial charge in [-0.15, -0.1) is 0 Å². The van der Waals surface area contributed by atoms with Crippen molar-refractivity contribution in [3.63, 3.8) is 0 Å². The highest BCUT2D eigenvalue weighted by molar-refractivity contribution is 7.99. The summed E-state index contributed by atoms with van der Waals surface area (Å²) >= 11 is 1.99. The Bertz CT molecular complexity index is 398. The maximum Gasteiger partial charge on any atom is 0.240 e. The van der Waals surface area contributed by atoms with Crippen LogP contribution in [0.15, 0.2) is 4.52 Å². The molecule has 0 aromatic carbocycles. The van der Waals surface area contributed by atoms with E-state index >= 15 is 0 Å². The van der Waals surface area contributed by atoms with Gasteiger partial charge >= 0.3 is 0 Å². The van der Waals surface area contributed by atoms with E-state index in [0.29, 0.717) is 0 Å². The van der Waals surface area contributed by atoms with Crippen molar-refractivity contribution in [1.29, 1.82) is 0 Å². The van der Waals surface area contributed by atoms with Gasteiger partial charge < -0.3 is 9.84 Å². The molecule has 1 aliphatic carbocycles. The summed E-state index contributed by atoms with van der Waals surface area (Å²) in [5.41, 5.74) is 0. The Balaban J connectivity index is 1.45. The van der Waals surface area contributed by atoms with Crippen LogP contribution < -0.4 is 5.32 Å². The molecule has 1 aromatic heterocycles. The molecule has 1 saturated carbocycles. The molecule has 20 heavy (non-hydrogen) atoms. The predicted molar refractivity (Wildman–Crippen MR) is 80.6 cm³/mol. The van der Waals surface area contributed by atoms with Gasteiger partial charge in [-0.2, -0.15) is 16.7 Å². The molecule has 1 aromatic rings. The minimum absolute atomic E-state index is 0.772. The summed E-state index contributed by atoms with van der Waals surface area (Å²) in [4.78, 5) is 6.93. The SMILES string of the molecule is C1CCC(SCc2noc(CN3CCCNCC3)n2)C1. The van der Waals surface area contributed by atoms with Crippen LogP contribution >= 0.6 is 11.8 Å². The third-order valence-corrected chi connectivity index (χ3v) is 5.42. The third kappa shape index (κ3) is 4.20. The number of nitrogens with one attached hydrogen (secondary N) is 1. The van der Waals surface area contributed by atoms with Crippen LogP contribution in [-0.2, 0) is 12.3 Å². The summed E-state index contributed by atoms with van der Waals surface area (Å²) in [6.07, 6.45) is 6.68. The summed E-state index contributed by atoms with van der Waals surface area (Å²) in [5, 5.41) is 8.34. The van der Waals surface area contributed by atoms with Crippen molar-refractivity contribution in [1.82, 2.24) is 20.4 Å². The molecule has 3 rings (SSSR count). The van der Waals surface area contributed by atoms with Crippen LogP contribution in [0.1, 0.15) is 43.8 Å². The van der Waals surface area contributed by atoms with Crippen molar-refractivity contribution in [2.24, 2.45) is 0 Å². The maximum atomic E-state index is 5.39. The van der Waals surface area contributed by atoms with Crippen molar-refractivity contribution in [3.05, 3.63) is 11.7 Å². The molecule has 112 valence electrons. The minimum Gasteiger partial charge on any atom is -0.338 e. The van der Waals surface area contributed by atoms with E-state index < -0.39 is 0 Å². The van der Waals surface area contributed by atoms with Gasteiger partial charge in [0.25, 0.3) is 0 Å². The van der Waals surface area contributed by atoms with E-state index in [1.807, 2.05) is 11.8 Å². The number of rotatable bonds is 5. The number of aromatic nitrogens is 2. The monoisotopic (exact) mass is 296 g/mol. The lowest BCUT2D eigenvalue weighted by atomic mass is 10.4. The van der Waals surface area contributed by atoms with Gasteiger partial charge in [-0.1, -0.05) is 18.0 Å². The Kier molecular flexibility index (Phi) is 5.33. The minimum atomic E-state index is 0.772. The highest BCUT2D eigenvalue weighted by Crippen LogP contribution is 2.30. The summed E-state index contributed by atoms with van der Waals surface area (Å²) < 4.78 is 5.39. The van der Waals surface area contributed by atoms with E-state index in [1.165, 1.54) is 32.1 Å². The van der Waals surface area contributed by atoms with Gasteiger partial charge in [-0.25, -0.2) is 0 Å². The largest absolute Gasteiger partial charge is 0.338 e. The second kappa shape index (κ2) is 7.43. The van der Waals surface area contributed by atoms with Gasteiger partial charge in [-0.05, 0) is 32.4 Å². The van der Waals surface area contributed by atoms with E-state index in [9.17, 15) is 0 Å². The molecular formula is C14H24N4OS. The highest BCUT2D eigenvalue weighted by Gasteiger charge is 2.17. The Labute approximate surface area is 124 Å². The summed E-state index contributed by atoms with van der Waals surface area (Å²) in [7, 11) is 0. The van der Waals surface area contributed by atoms with Gasteiger partial charge in [0.15, 0.2) is 5.82 Å². The van der Waals surface area contributed by atoms with Crippen molar-refractivity contribution in [3.8, 4) is 0 Å². The maximum absolute atomic E-state index is 5.39. The zero-order valence-electron chi connectivity index (χ0n) is 12.0. The van der Waals surface area contributed by atoms with Crippen molar-refractivity contribution in [2.75, 3.05) is 26.2 Å². The lowest BCUT2D eigenvalue weighted by Gasteiger charge is -2.16. The molecule has 1 saturated heterocycles. The molecule has 0 bridgehead atoms. The fraction of sp³-hybridized carbons (Fsp3) is 0.857. The molecule has 0 unspecified atom stereocenters. The van der Waals surface area contributed by atoms with Crippen LogP contribution in [0.25, 0.3) is 0 Å². The molecular weight excluding hydrogens is 272 g/mol. The molecule has 5 nitrogen and oxygen atoms in total. The van der Waals surface area contributed by atoms with Crippen molar-refractivity contribution < 1.29 is 4.52 Å². The van der Waals surface area contributed by atoms with Crippen LogP contribution in [-0.4, -0.2) is 46.5 Å². The Morgan fingerprint density at radius 1 is 1.20 bits per heavy atom. The van der Waals surface area contributed by atoms with E-state index in [4.69, 9.17) is 4.52 Å². The lowest BCUT2D eigenvalue weighted by Crippen LogP contribution is -2.27. The van der Waals surface area contributed by atoms with Gasteiger partial charge in [0.1, 0.15) is 0 Å². The molecule has 0 amide bonds. The number of nitrogens with zero attached hydrogens (tertiary/aromatic N) is 3. The summed E-state index contributed by atoms with van der Waals surface area (Å²) in [6.45, 7) is 5.14. The smallest absolute Gasteiger partial charge is 0.240 e. The Hall–Kier alpha value is -0.590. The molecule has 0 spiro atoms. The molecule has 0 radical (unpaired) electrons. The normalized spacial score (nSPS) is 22.2. The van der Waals surface area contributed by atoms with Crippen molar-refractivity contribution in [2.45, 2.75) is 49.7 Å². The standard InChI is InChI=1S/C14H24N4OS/c1-2-5-12(4-1)20-11-13-16-14(19-17-13)10-18-8-3-6-15-7-9-18/h12,15H,1-11H2. The van der Waals surface area contributed by atoms with Gasteiger partial charge in [-0.3, -0.25) is 4.90 Å². The fourth-order valence-electron chi connectivity index (χ4n) is 2.91. The molecule has 0 atom stereocenters. The van der Waals surface area contributed by atoms with Crippen LogP contribution in [0.3, 0.4) is 0 Å². The first-order valence-corrected chi connectivity index (χ1v) is 8.81. The second-order valence-electron chi connectivity index (χ2n) is 5.70. The van der Waals surface area contributed by atoms with E-state index in [2.05, 4.69) is 20.4 Å². The summed E-state index contributed by atoms with van der Waals surface area (Å²) in [6, 6.07) is 0. The van der Waals surface area contributed by atoms with Crippen molar-refractivity contribution >= 4 is 11.8 Å². The summed E-state index contributed by atoms with van der Waals surface area (Å²) in [5.74, 6) is 2.54. The lowest BCUT2D eigenvalue weighted by molar-refractivity contribution is 0.238. The zero-order valence-corrected chi connectivity index (χ0v) is 12.8. The van der Waals surface area contributed by atoms with Crippen LogP contribution in [0.2, 0.25) is 0 Å². The molecule has 1 aliphatic heterocycles. The first kappa shape index (κ1) is 14.4. The van der Waals surface area contributed by atoms with E-state index in [0.717, 1.165) is 55.4 Å². The molecule has 2 fully saturated rings. The van der Waals surface area contributed by atoms with E-state index in [1.54, 1.807) is 0 Å². The second-order valence-corrected chi connectivity index (χ2v) is 6.99. The quantitative estimate of drug-likeness (QED) is 0.897. The first-order chi connectivity index (χ1) is 9.90. The molecule has 1 N–H and O–H groups in total.